The summed E-state index contributed by atoms with van der Waals surface area (Å²) in [5, 5.41) is 5.63. The number of anilines is 1. The highest BCUT2D eigenvalue weighted by atomic mass is 16.5. The van der Waals surface area contributed by atoms with E-state index >= 15 is 0 Å². The fourth-order valence-electron chi connectivity index (χ4n) is 2.23. The van der Waals surface area contributed by atoms with Crippen LogP contribution in [-0.2, 0) is 6.42 Å². The fraction of sp³-hybridized carbons (Fsp3) is 0.278. The van der Waals surface area contributed by atoms with Crippen LogP contribution in [0.25, 0.3) is 0 Å². The molecule has 0 aliphatic carbocycles. The van der Waals surface area contributed by atoms with Crippen LogP contribution in [0.3, 0.4) is 0 Å². The molecule has 0 radical (unpaired) electrons. The van der Waals surface area contributed by atoms with Crippen LogP contribution in [0.4, 0.5) is 10.5 Å². The largest absolute Gasteiger partial charge is 0.493 e. The summed E-state index contributed by atoms with van der Waals surface area (Å²) in [7, 11) is 3.24. The standard InChI is InChI=1S/C18H22N2O3/c1-22-16-11-10-14(13-17(16)23-2)7-6-12-19-18(21)20-15-8-4-3-5-9-15/h3-5,8-11,13H,6-7,12H2,1-2H3,(H2,19,20,21). The minimum absolute atomic E-state index is 0.191. The van der Waals surface area contributed by atoms with E-state index in [0.717, 1.165) is 35.6 Å². The van der Waals surface area contributed by atoms with E-state index in [1.165, 1.54) is 0 Å². The number of hydrogen-bond acceptors (Lipinski definition) is 3. The molecule has 0 spiro atoms. The van der Waals surface area contributed by atoms with E-state index < -0.39 is 0 Å². The highest BCUT2D eigenvalue weighted by Gasteiger charge is 2.05. The molecule has 2 aromatic carbocycles. The van der Waals surface area contributed by atoms with Gasteiger partial charge in [0.1, 0.15) is 0 Å². The molecule has 2 N–H and O–H groups in total. The van der Waals surface area contributed by atoms with E-state index in [9.17, 15) is 4.79 Å². The Hall–Kier alpha value is -2.69. The summed E-state index contributed by atoms with van der Waals surface area (Å²) < 4.78 is 10.5. The summed E-state index contributed by atoms with van der Waals surface area (Å²) >= 11 is 0. The molecule has 0 aromatic heterocycles. The molecule has 122 valence electrons. The van der Waals surface area contributed by atoms with Gasteiger partial charge in [0.25, 0.3) is 0 Å². The third-order valence-electron chi connectivity index (χ3n) is 3.41. The van der Waals surface area contributed by atoms with E-state index in [-0.39, 0.29) is 6.03 Å². The third-order valence-corrected chi connectivity index (χ3v) is 3.41. The van der Waals surface area contributed by atoms with Gasteiger partial charge < -0.3 is 20.1 Å². The first-order valence-electron chi connectivity index (χ1n) is 7.53. The average Bonchev–Trinajstić information content (AvgIpc) is 2.59. The van der Waals surface area contributed by atoms with E-state index in [1.807, 2.05) is 48.5 Å². The van der Waals surface area contributed by atoms with Crippen molar-refractivity contribution in [1.29, 1.82) is 0 Å². The van der Waals surface area contributed by atoms with Gasteiger partial charge in [0.15, 0.2) is 11.5 Å². The number of carbonyl (C=O) groups is 1. The number of hydrogen-bond donors (Lipinski definition) is 2. The van der Waals surface area contributed by atoms with E-state index in [0.29, 0.717) is 6.54 Å². The van der Waals surface area contributed by atoms with Crippen molar-refractivity contribution in [3.8, 4) is 11.5 Å². The zero-order valence-electron chi connectivity index (χ0n) is 13.5. The van der Waals surface area contributed by atoms with Crippen molar-refractivity contribution in [3.63, 3.8) is 0 Å². The van der Waals surface area contributed by atoms with Crippen LogP contribution in [0.15, 0.2) is 48.5 Å². The monoisotopic (exact) mass is 314 g/mol. The molecular weight excluding hydrogens is 292 g/mol. The Morgan fingerprint density at radius 2 is 1.74 bits per heavy atom. The number of para-hydroxylation sites is 1. The smallest absolute Gasteiger partial charge is 0.319 e. The van der Waals surface area contributed by atoms with Crippen LogP contribution in [0, 0.1) is 0 Å². The molecule has 0 atom stereocenters. The zero-order valence-corrected chi connectivity index (χ0v) is 13.5. The summed E-state index contributed by atoms with van der Waals surface area (Å²) in [6.07, 6.45) is 1.70. The minimum Gasteiger partial charge on any atom is -0.493 e. The lowest BCUT2D eigenvalue weighted by molar-refractivity contribution is 0.252. The summed E-state index contributed by atoms with van der Waals surface area (Å²) in [6.45, 7) is 0.604. The first-order valence-corrected chi connectivity index (χ1v) is 7.53. The third kappa shape index (κ3) is 5.21. The Morgan fingerprint density at radius 3 is 2.43 bits per heavy atom. The van der Waals surface area contributed by atoms with Crippen LogP contribution >= 0.6 is 0 Å². The maximum absolute atomic E-state index is 11.7. The molecule has 0 unspecified atom stereocenters. The Balaban J connectivity index is 1.74. The first-order chi connectivity index (χ1) is 11.2. The lowest BCUT2D eigenvalue weighted by Gasteiger charge is -2.10. The topological polar surface area (TPSA) is 59.6 Å². The SMILES string of the molecule is COc1ccc(CCCNC(=O)Nc2ccccc2)cc1OC. The predicted octanol–water partition coefficient (Wildman–Crippen LogP) is 3.46. The van der Waals surface area contributed by atoms with Gasteiger partial charge in [0.2, 0.25) is 0 Å². The lowest BCUT2D eigenvalue weighted by atomic mass is 10.1. The second kappa shape index (κ2) is 8.68. The number of nitrogens with one attached hydrogen (secondary N) is 2. The number of aryl methyl sites for hydroxylation is 1. The molecule has 0 aliphatic rings. The van der Waals surface area contributed by atoms with Crippen molar-refractivity contribution >= 4 is 11.7 Å². The number of ether oxygens (including phenoxy) is 2. The summed E-state index contributed by atoms with van der Waals surface area (Å²) in [5.74, 6) is 1.44. The Morgan fingerprint density at radius 1 is 1.00 bits per heavy atom. The van der Waals surface area contributed by atoms with Gasteiger partial charge in [-0.2, -0.15) is 0 Å². The van der Waals surface area contributed by atoms with Crippen molar-refractivity contribution in [2.75, 3.05) is 26.1 Å². The van der Waals surface area contributed by atoms with Gasteiger partial charge in [-0.1, -0.05) is 24.3 Å². The Labute approximate surface area is 136 Å². The maximum atomic E-state index is 11.7. The highest BCUT2D eigenvalue weighted by Crippen LogP contribution is 2.27. The number of methoxy groups -OCH3 is 2. The van der Waals surface area contributed by atoms with E-state index in [1.54, 1.807) is 14.2 Å². The number of urea groups is 1. The lowest BCUT2D eigenvalue weighted by Crippen LogP contribution is -2.29. The highest BCUT2D eigenvalue weighted by molar-refractivity contribution is 5.89. The molecule has 5 heteroatoms. The molecule has 0 heterocycles. The molecule has 0 bridgehead atoms. The number of rotatable bonds is 7. The minimum atomic E-state index is -0.191. The first kappa shape index (κ1) is 16.7. The second-order valence-corrected chi connectivity index (χ2v) is 5.04. The van der Waals surface area contributed by atoms with Crippen molar-refractivity contribution < 1.29 is 14.3 Å². The number of amides is 2. The summed E-state index contributed by atoms with van der Waals surface area (Å²) in [4.78, 5) is 11.7. The predicted molar refractivity (Wildman–Crippen MR) is 91.3 cm³/mol. The molecule has 2 amide bonds. The molecule has 0 fully saturated rings. The molecule has 23 heavy (non-hydrogen) atoms. The molecule has 2 aromatic rings. The molecule has 5 nitrogen and oxygen atoms in total. The summed E-state index contributed by atoms with van der Waals surface area (Å²) in [5.41, 5.74) is 1.93. The molecular formula is C18H22N2O3. The number of benzene rings is 2. The van der Waals surface area contributed by atoms with Gasteiger partial charge in [-0.15, -0.1) is 0 Å². The molecule has 0 saturated heterocycles. The Bertz CT molecular complexity index is 629. The van der Waals surface area contributed by atoms with E-state index in [2.05, 4.69) is 10.6 Å². The van der Waals surface area contributed by atoms with Crippen molar-refractivity contribution in [3.05, 3.63) is 54.1 Å². The van der Waals surface area contributed by atoms with Crippen molar-refractivity contribution in [2.24, 2.45) is 0 Å². The van der Waals surface area contributed by atoms with Crippen molar-refractivity contribution in [1.82, 2.24) is 5.32 Å². The van der Waals surface area contributed by atoms with Gasteiger partial charge in [-0.05, 0) is 42.7 Å². The van der Waals surface area contributed by atoms with Crippen LogP contribution in [0.5, 0.6) is 11.5 Å². The Kier molecular flexibility index (Phi) is 6.29. The van der Waals surface area contributed by atoms with Crippen molar-refractivity contribution in [2.45, 2.75) is 12.8 Å². The average molecular weight is 314 g/mol. The molecule has 0 saturated carbocycles. The van der Waals surface area contributed by atoms with E-state index in [4.69, 9.17) is 9.47 Å². The van der Waals surface area contributed by atoms with Crippen LogP contribution in [0.1, 0.15) is 12.0 Å². The normalized spacial score (nSPS) is 10.0. The van der Waals surface area contributed by atoms with Gasteiger partial charge in [-0.3, -0.25) is 0 Å². The van der Waals surface area contributed by atoms with Gasteiger partial charge in [0, 0.05) is 12.2 Å². The quantitative estimate of drug-likeness (QED) is 0.770. The molecule has 0 aliphatic heterocycles. The molecule has 2 rings (SSSR count). The van der Waals surface area contributed by atoms with Gasteiger partial charge in [0.05, 0.1) is 14.2 Å². The summed E-state index contributed by atoms with van der Waals surface area (Å²) in [6, 6.07) is 15.0. The zero-order chi connectivity index (χ0) is 16.5. The van der Waals surface area contributed by atoms with Crippen LogP contribution in [-0.4, -0.2) is 26.8 Å². The van der Waals surface area contributed by atoms with Crippen LogP contribution in [0.2, 0.25) is 0 Å². The number of carbonyl (C=O) groups excluding carboxylic acids is 1. The second-order valence-electron chi connectivity index (χ2n) is 5.04. The van der Waals surface area contributed by atoms with Crippen LogP contribution < -0.4 is 20.1 Å². The fourth-order valence-corrected chi connectivity index (χ4v) is 2.23. The van der Waals surface area contributed by atoms with Gasteiger partial charge in [-0.25, -0.2) is 4.79 Å². The maximum Gasteiger partial charge on any atom is 0.319 e. The van der Waals surface area contributed by atoms with Gasteiger partial charge >= 0.3 is 6.03 Å².